The minimum atomic E-state index is 0.542. The first kappa shape index (κ1) is 14.2. The van der Waals surface area contributed by atoms with Gasteiger partial charge in [-0.05, 0) is 40.8 Å². The molecule has 1 aromatic heterocycles. The van der Waals surface area contributed by atoms with E-state index in [-0.39, 0.29) is 0 Å². The molecule has 0 fully saturated rings. The van der Waals surface area contributed by atoms with Crippen LogP contribution in [0.15, 0.2) is 53.1 Å². The van der Waals surface area contributed by atoms with E-state index in [4.69, 9.17) is 10.5 Å². The van der Waals surface area contributed by atoms with Gasteiger partial charge in [0, 0.05) is 23.8 Å². The van der Waals surface area contributed by atoms with E-state index in [2.05, 4.69) is 57.0 Å². The average molecular weight is 345 g/mol. The van der Waals surface area contributed by atoms with Gasteiger partial charge >= 0.3 is 0 Å². The molecule has 3 nitrogen and oxygen atoms in total. The van der Waals surface area contributed by atoms with E-state index >= 15 is 0 Å². The second kappa shape index (κ2) is 5.92. The van der Waals surface area contributed by atoms with Gasteiger partial charge in [0.2, 0.25) is 0 Å². The Morgan fingerprint density at radius 2 is 2.00 bits per heavy atom. The van der Waals surface area contributed by atoms with Crippen LogP contribution in [0.2, 0.25) is 0 Å². The zero-order valence-electron chi connectivity index (χ0n) is 11.8. The molecular weight excluding hydrogens is 328 g/mol. The molecule has 0 unspecified atom stereocenters. The van der Waals surface area contributed by atoms with Crippen molar-refractivity contribution >= 4 is 26.8 Å². The van der Waals surface area contributed by atoms with Gasteiger partial charge in [0.1, 0.15) is 5.75 Å². The van der Waals surface area contributed by atoms with E-state index in [1.54, 1.807) is 7.11 Å². The number of hydrogen-bond donors (Lipinski definition) is 1. The van der Waals surface area contributed by atoms with Crippen molar-refractivity contribution < 1.29 is 4.74 Å². The van der Waals surface area contributed by atoms with Crippen molar-refractivity contribution in [2.24, 2.45) is 5.73 Å². The van der Waals surface area contributed by atoms with Crippen LogP contribution in [0.1, 0.15) is 11.1 Å². The Bertz CT molecular complexity index is 780. The molecule has 0 radical (unpaired) electrons. The Hall–Kier alpha value is -1.78. The number of nitrogens with two attached hydrogens (primary N) is 1. The van der Waals surface area contributed by atoms with E-state index in [1.165, 1.54) is 16.5 Å². The lowest BCUT2D eigenvalue weighted by Crippen LogP contribution is -2.04. The van der Waals surface area contributed by atoms with Crippen molar-refractivity contribution in [2.45, 2.75) is 13.1 Å². The van der Waals surface area contributed by atoms with Gasteiger partial charge in [-0.1, -0.05) is 34.1 Å². The highest BCUT2D eigenvalue weighted by Crippen LogP contribution is 2.26. The van der Waals surface area contributed by atoms with Gasteiger partial charge in [0.25, 0.3) is 0 Å². The molecule has 0 amide bonds. The van der Waals surface area contributed by atoms with Gasteiger partial charge in [-0.25, -0.2) is 0 Å². The summed E-state index contributed by atoms with van der Waals surface area (Å²) in [7, 11) is 1.69. The van der Waals surface area contributed by atoms with Gasteiger partial charge < -0.3 is 15.0 Å². The zero-order chi connectivity index (χ0) is 14.8. The second-order valence-corrected chi connectivity index (χ2v) is 5.81. The summed E-state index contributed by atoms with van der Waals surface area (Å²) in [6.07, 6.45) is 2.11. The number of rotatable bonds is 4. The Kier molecular flexibility index (Phi) is 3.99. The number of benzene rings is 2. The Morgan fingerprint density at radius 3 is 2.76 bits per heavy atom. The summed E-state index contributed by atoms with van der Waals surface area (Å²) in [5, 5.41) is 1.22. The topological polar surface area (TPSA) is 40.2 Å². The average Bonchev–Trinajstić information content (AvgIpc) is 2.92. The highest BCUT2D eigenvalue weighted by molar-refractivity contribution is 9.10. The molecule has 3 rings (SSSR count). The summed E-state index contributed by atoms with van der Waals surface area (Å²) in [5.74, 6) is 0.865. The molecule has 0 aliphatic heterocycles. The summed E-state index contributed by atoms with van der Waals surface area (Å²) >= 11 is 3.61. The number of methoxy groups -OCH3 is 1. The Balaban J connectivity index is 2.06. The number of para-hydroxylation sites is 1. The van der Waals surface area contributed by atoms with Gasteiger partial charge in [-0.3, -0.25) is 0 Å². The van der Waals surface area contributed by atoms with E-state index in [1.807, 2.05) is 12.1 Å². The van der Waals surface area contributed by atoms with Gasteiger partial charge in [-0.15, -0.1) is 0 Å². The van der Waals surface area contributed by atoms with Crippen molar-refractivity contribution in [2.75, 3.05) is 7.11 Å². The maximum absolute atomic E-state index is 5.87. The minimum Gasteiger partial charge on any atom is -0.497 e. The van der Waals surface area contributed by atoms with E-state index < -0.39 is 0 Å². The van der Waals surface area contributed by atoms with E-state index in [0.717, 1.165) is 22.3 Å². The van der Waals surface area contributed by atoms with E-state index in [0.29, 0.717) is 6.54 Å². The molecule has 0 atom stereocenters. The van der Waals surface area contributed by atoms with Gasteiger partial charge in [0.05, 0.1) is 12.6 Å². The summed E-state index contributed by atoms with van der Waals surface area (Å²) < 4.78 is 8.62. The molecule has 0 saturated heterocycles. The highest BCUT2D eigenvalue weighted by Gasteiger charge is 2.08. The van der Waals surface area contributed by atoms with Crippen LogP contribution in [0.3, 0.4) is 0 Å². The summed E-state index contributed by atoms with van der Waals surface area (Å²) in [6.45, 7) is 1.32. The molecule has 2 aromatic carbocycles. The standard InChI is InChI=1S/C17H17BrN2O/c1-21-15-5-6-16(18)14(9-15)11-20-8-7-12-3-2-4-13(10-19)17(12)20/h2-9H,10-11,19H2,1H3. The number of aromatic nitrogens is 1. The van der Waals surface area contributed by atoms with Crippen LogP contribution in [0.5, 0.6) is 5.75 Å². The maximum atomic E-state index is 5.87. The van der Waals surface area contributed by atoms with Crippen molar-refractivity contribution in [3.63, 3.8) is 0 Å². The van der Waals surface area contributed by atoms with Crippen LogP contribution in [-0.2, 0) is 13.1 Å². The van der Waals surface area contributed by atoms with Crippen LogP contribution in [0, 0.1) is 0 Å². The van der Waals surface area contributed by atoms with Gasteiger partial charge in [-0.2, -0.15) is 0 Å². The molecule has 0 bridgehead atoms. The zero-order valence-corrected chi connectivity index (χ0v) is 13.4. The van der Waals surface area contributed by atoms with Gasteiger partial charge in [0.15, 0.2) is 0 Å². The minimum absolute atomic E-state index is 0.542. The molecule has 0 saturated carbocycles. The molecule has 2 N–H and O–H groups in total. The fourth-order valence-corrected chi connectivity index (χ4v) is 2.99. The third-order valence-electron chi connectivity index (χ3n) is 3.69. The number of halogens is 1. The lowest BCUT2D eigenvalue weighted by atomic mass is 10.1. The largest absolute Gasteiger partial charge is 0.497 e. The third-order valence-corrected chi connectivity index (χ3v) is 4.46. The van der Waals surface area contributed by atoms with Crippen molar-refractivity contribution in [3.8, 4) is 5.75 Å². The molecule has 1 heterocycles. The highest BCUT2D eigenvalue weighted by atomic mass is 79.9. The van der Waals surface area contributed by atoms with Crippen LogP contribution in [0.25, 0.3) is 10.9 Å². The molecule has 0 aliphatic carbocycles. The number of ether oxygens (including phenoxy) is 1. The fraction of sp³-hybridized carbons (Fsp3) is 0.176. The van der Waals surface area contributed by atoms with Crippen molar-refractivity contribution in [3.05, 3.63) is 64.3 Å². The molecule has 3 aromatic rings. The molecule has 0 aliphatic rings. The first-order valence-corrected chi connectivity index (χ1v) is 7.61. The molecule has 0 spiro atoms. The first-order valence-electron chi connectivity index (χ1n) is 6.82. The summed E-state index contributed by atoms with van der Waals surface area (Å²) in [4.78, 5) is 0. The maximum Gasteiger partial charge on any atom is 0.119 e. The lowest BCUT2D eigenvalue weighted by Gasteiger charge is -2.11. The second-order valence-electron chi connectivity index (χ2n) is 4.96. The monoisotopic (exact) mass is 344 g/mol. The van der Waals surface area contributed by atoms with Crippen LogP contribution >= 0.6 is 15.9 Å². The summed E-state index contributed by atoms with van der Waals surface area (Å²) in [5.41, 5.74) is 9.42. The number of hydrogen-bond acceptors (Lipinski definition) is 2. The smallest absolute Gasteiger partial charge is 0.119 e. The molecule has 21 heavy (non-hydrogen) atoms. The number of fused-ring (bicyclic) bond motifs is 1. The lowest BCUT2D eigenvalue weighted by molar-refractivity contribution is 0.414. The van der Waals surface area contributed by atoms with Crippen LogP contribution < -0.4 is 10.5 Å². The predicted octanol–water partition coefficient (Wildman–Crippen LogP) is 3.92. The fourth-order valence-electron chi connectivity index (χ4n) is 2.62. The van der Waals surface area contributed by atoms with Crippen molar-refractivity contribution in [1.82, 2.24) is 4.57 Å². The summed E-state index contributed by atoms with van der Waals surface area (Å²) in [6, 6.07) is 14.4. The molecule has 108 valence electrons. The molecular formula is C17H17BrN2O. The van der Waals surface area contributed by atoms with Crippen LogP contribution in [-0.4, -0.2) is 11.7 Å². The van der Waals surface area contributed by atoms with E-state index in [9.17, 15) is 0 Å². The first-order chi connectivity index (χ1) is 10.2. The van der Waals surface area contributed by atoms with Crippen LogP contribution in [0.4, 0.5) is 0 Å². The third kappa shape index (κ3) is 2.69. The normalized spacial score (nSPS) is 11.0. The number of nitrogens with zero attached hydrogens (tertiary/aromatic N) is 1. The Labute approximate surface area is 132 Å². The molecule has 4 heteroatoms. The SMILES string of the molecule is COc1ccc(Br)c(Cn2ccc3cccc(CN)c32)c1. The quantitative estimate of drug-likeness (QED) is 0.779. The van der Waals surface area contributed by atoms with Crippen molar-refractivity contribution in [1.29, 1.82) is 0 Å². The Morgan fingerprint density at radius 1 is 1.14 bits per heavy atom. The predicted molar refractivity (Wildman–Crippen MR) is 89.6 cm³/mol.